The molecule has 0 atom stereocenters. The third-order valence-corrected chi connectivity index (χ3v) is 3.14. The maximum absolute atomic E-state index is 13.1. The van der Waals surface area contributed by atoms with Crippen LogP contribution in [0, 0.1) is 12.7 Å². The van der Waals surface area contributed by atoms with Gasteiger partial charge in [-0.3, -0.25) is 4.79 Å². The third kappa shape index (κ3) is 2.61. The Hall–Kier alpha value is -1.48. The number of rotatable bonds is 2. The molecule has 0 fully saturated rings. The third-order valence-electron chi connectivity index (χ3n) is 2.45. The molecule has 2 rings (SSSR count). The van der Waals surface area contributed by atoms with Gasteiger partial charge in [0.2, 0.25) is 0 Å². The number of carbonyl (C=O) groups excluding carboxylic acids is 1. The van der Waals surface area contributed by atoms with Gasteiger partial charge >= 0.3 is 0 Å². The second-order valence-electron chi connectivity index (χ2n) is 3.82. The van der Waals surface area contributed by atoms with Crippen LogP contribution in [0.15, 0.2) is 46.9 Å². The molecule has 0 spiro atoms. The standard InChI is InChI=1S/C14H10BrFO/c1-9-5-6-13(15)12(7-9)14(17)10-3-2-4-11(16)8-10/h2-8H,1H3. The average molecular weight is 293 g/mol. The first-order valence-electron chi connectivity index (χ1n) is 5.14. The van der Waals surface area contributed by atoms with Gasteiger partial charge < -0.3 is 0 Å². The van der Waals surface area contributed by atoms with Crippen LogP contribution >= 0.6 is 15.9 Å². The summed E-state index contributed by atoms with van der Waals surface area (Å²) < 4.78 is 13.8. The first-order valence-corrected chi connectivity index (χ1v) is 5.93. The molecule has 0 unspecified atom stereocenters. The minimum Gasteiger partial charge on any atom is -0.289 e. The normalized spacial score (nSPS) is 10.3. The van der Waals surface area contributed by atoms with Crippen molar-refractivity contribution < 1.29 is 9.18 Å². The predicted octanol–water partition coefficient (Wildman–Crippen LogP) is 4.13. The van der Waals surface area contributed by atoms with E-state index in [-0.39, 0.29) is 5.78 Å². The summed E-state index contributed by atoms with van der Waals surface area (Å²) in [6.45, 7) is 1.91. The Labute approximate surface area is 107 Å². The fourth-order valence-electron chi connectivity index (χ4n) is 1.60. The Bertz CT molecular complexity index is 578. The van der Waals surface area contributed by atoms with Crippen molar-refractivity contribution in [2.75, 3.05) is 0 Å². The molecule has 2 aromatic rings. The first-order chi connectivity index (χ1) is 8.08. The molecule has 0 heterocycles. The van der Waals surface area contributed by atoms with Crippen molar-refractivity contribution in [3.8, 4) is 0 Å². The molecule has 0 aliphatic heterocycles. The summed E-state index contributed by atoms with van der Waals surface area (Å²) in [6.07, 6.45) is 0. The van der Waals surface area contributed by atoms with Crippen molar-refractivity contribution in [3.63, 3.8) is 0 Å². The van der Waals surface area contributed by atoms with Gasteiger partial charge in [-0.1, -0.05) is 39.7 Å². The van der Waals surface area contributed by atoms with Gasteiger partial charge in [-0.25, -0.2) is 4.39 Å². The Balaban J connectivity index is 2.47. The summed E-state index contributed by atoms with van der Waals surface area (Å²) in [4.78, 5) is 12.2. The van der Waals surface area contributed by atoms with Crippen molar-refractivity contribution in [1.29, 1.82) is 0 Å². The fraction of sp³-hybridized carbons (Fsp3) is 0.0714. The molecule has 0 bridgehead atoms. The van der Waals surface area contributed by atoms with Gasteiger partial charge in [0, 0.05) is 15.6 Å². The van der Waals surface area contributed by atoms with Gasteiger partial charge in [0.25, 0.3) is 0 Å². The van der Waals surface area contributed by atoms with E-state index in [4.69, 9.17) is 0 Å². The van der Waals surface area contributed by atoms with E-state index in [1.54, 1.807) is 12.1 Å². The van der Waals surface area contributed by atoms with E-state index in [1.807, 2.05) is 19.1 Å². The van der Waals surface area contributed by atoms with Gasteiger partial charge in [-0.15, -0.1) is 0 Å². The van der Waals surface area contributed by atoms with Crippen LogP contribution in [0.5, 0.6) is 0 Å². The van der Waals surface area contributed by atoms with Crippen LogP contribution in [0.2, 0.25) is 0 Å². The topological polar surface area (TPSA) is 17.1 Å². The highest BCUT2D eigenvalue weighted by Crippen LogP contribution is 2.21. The van der Waals surface area contributed by atoms with Crippen LogP contribution in [-0.2, 0) is 0 Å². The quantitative estimate of drug-likeness (QED) is 0.761. The lowest BCUT2D eigenvalue weighted by molar-refractivity contribution is 0.103. The summed E-state index contributed by atoms with van der Waals surface area (Å²) in [5, 5.41) is 0. The largest absolute Gasteiger partial charge is 0.289 e. The molecule has 17 heavy (non-hydrogen) atoms. The van der Waals surface area contributed by atoms with Gasteiger partial charge in [0.05, 0.1) is 0 Å². The molecule has 0 N–H and O–H groups in total. The van der Waals surface area contributed by atoms with Crippen molar-refractivity contribution in [3.05, 3.63) is 69.4 Å². The number of benzene rings is 2. The van der Waals surface area contributed by atoms with Gasteiger partial charge in [-0.2, -0.15) is 0 Å². The van der Waals surface area contributed by atoms with Gasteiger partial charge in [-0.05, 0) is 31.2 Å². The maximum Gasteiger partial charge on any atom is 0.194 e. The van der Waals surface area contributed by atoms with E-state index in [0.717, 1.165) is 10.0 Å². The number of hydrogen-bond acceptors (Lipinski definition) is 1. The Morgan fingerprint density at radius 1 is 1.18 bits per heavy atom. The molecule has 1 nitrogen and oxygen atoms in total. The van der Waals surface area contributed by atoms with E-state index in [9.17, 15) is 9.18 Å². The van der Waals surface area contributed by atoms with Crippen molar-refractivity contribution in [2.24, 2.45) is 0 Å². The maximum atomic E-state index is 13.1. The summed E-state index contributed by atoms with van der Waals surface area (Å²) >= 11 is 3.33. The second-order valence-corrected chi connectivity index (χ2v) is 4.68. The monoisotopic (exact) mass is 292 g/mol. The number of halogens is 2. The number of hydrogen-bond donors (Lipinski definition) is 0. The molecule has 0 saturated heterocycles. The molecule has 0 aliphatic carbocycles. The lowest BCUT2D eigenvalue weighted by Gasteiger charge is -2.05. The molecule has 86 valence electrons. The molecule has 0 amide bonds. The van der Waals surface area contributed by atoms with Crippen molar-refractivity contribution in [2.45, 2.75) is 6.92 Å². The van der Waals surface area contributed by atoms with Crippen molar-refractivity contribution >= 4 is 21.7 Å². The molecule has 3 heteroatoms. The minimum atomic E-state index is -0.403. The average Bonchev–Trinajstić information content (AvgIpc) is 2.31. The van der Waals surface area contributed by atoms with Crippen LogP contribution in [0.4, 0.5) is 4.39 Å². The van der Waals surface area contributed by atoms with E-state index in [0.29, 0.717) is 11.1 Å². The Morgan fingerprint density at radius 2 is 1.94 bits per heavy atom. The van der Waals surface area contributed by atoms with Gasteiger partial charge in [0.15, 0.2) is 5.78 Å². The highest BCUT2D eigenvalue weighted by Gasteiger charge is 2.13. The molecule has 0 saturated carbocycles. The van der Waals surface area contributed by atoms with E-state index >= 15 is 0 Å². The summed E-state index contributed by atoms with van der Waals surface area (Å²) in [7, 11) is 0. The molecule has 0 aromatic heterocycles. The first kappa shape index (κ1) is 12.0. The van der Waals surface area contributed by atoms with Crippen LogP contribution in [0.3, 0.4) is 0 Å². The van der Waals surface area contributed by atoms with E-state index < -0.39 is 5.82 Å². The van der Waals surface area contributed by atoms with Crippen LogP contribution < -0.4 is 0 Å². The molecule has 2 aromatic carbocycles. The fourth-order valence-corrected chi connectivity index (χ4v) is 2.03. The molecular formula is C14H10BrFO. The summed E-state index contributed by atoms with van der Waals surface area (Å²) in [5.41, 5.74) is 1.90. The number of aryl methyl sites for hydroxylation is 1. The number of ketones is 1. The lowest BCUT2D eigenvalue weighted by Crippen LogP contribution is -2.03. The summed E-state index contributed by atoms with van der Waals surface area (Å²) in [5.74, 6) is -0.584. The highest BCUT2D eigenvalue weighted by molar-refractivity contribution is 9.10. The van der Waals surface area contributed by atoms with Gasteiger partial charge in [0.1, 0.15) is 5.82 Å². The predicted molar refractivity (Wildman–Crippen MR) is 68.7 cm³/mol. The van der Waals surface area contributed by atoms with Crippen LogP contribution in [-0.4, -0.2) is 5.78 Å². The molecular weight excluding hydrogens is 283 g/mol. The zero-order chi connectivity index (χ0) is 12.4. The van der Waals surface area contributed by atoms with Crippen molar-refractivity contribution in [1.82, 2.24) is 0 Å². The SMILES string of the molecule is Cc1ccc(Br)c(C(=O)c2cccc(F)c2)c1. The van der Waals surface area contributed by atoms with Crippen LogP contribution in [0.1, 0.15) is 21.5 Å². The zero-order valence-electron chi connectivity index (χ0n) is 9.21. The van der Waals surface area contributed by atoms with E-state index in [2.05, 4.69) is 15.9 Å². The van der Waals surface area contributed by atoms with E-state index in [1.165, 1.54) is 18.2 Å². The van der Waals surface area contributed by atoms with Crippen LogP contribution in [0.25, 0.3) is 0 Å². The molecule has 0 aliphatic rings. The zero-order valence-corrected chi connectivity index (χ0v) is 10.8. The lowest BCUT2D eigenvalue weighted by atomic mass is 10.0. The Kier molecular flexibility index (Phi) is 3.38. The minimum absolute atomic E-state index is 0.180. The second kappa shape index (κ2) is 4.80. The summed E-state index contributed by atoms with van der Waals surface area (Å²) in [6, 6.07) is 11.2. The number of carbonyl (C=O) groups is 1. The smallest absolute Gasteiger partial charge is 0.194 e. The highest BCUT2D eigenvalue weighted by atomic mass is 79.9. The Morgan fingerprint density at radius 3 is 2.65 bits per heavy atom. The molecule has 0 radical (unpaired) electrons.